The smallest absolute Gasteiger partial charge is 0.417 e. The summed E-state index contributed by atoms with van der Waals surface area (Å²) in [7, 11) is -4.33. The molecule has 0 bridgehead atoms. The van der Waals surface area contributed by atoms with E-state index in [0.717, 1.165) is 9.80 Å². The number of rotatable bonds is 5. The number of primary sulfonamides is 1. The molecule has 3 amide bonds. The predicted octanol–water partition coefficient (Wildman–Crippen LogP) is 2.63. The highest BCUT2D eigenvalue weighted by molar-refractivity contribution is 7.89. The molecule has 2 aliphatic heterocycles. The number of nitrogens with one attached hydrogen (secondary N) is 1. The zero-order valence-corrected chi connectivity index (χ0v) is 23.2. The number of hydrogen-bond acceptors (Lipinski definition) is 7. The van der Waals surface area contributed by atoms with Crippen molar-refractivity contribution in [2.24, 2.45) is 10.6 Å². The number of aromatic nitrogens is 2. The highest BCUT2D eigenvalue weighted by Crippen LogP contribution is 2.38. The lowest BCUT2D eigenvalue weighted by Crippen LogP contribution is -2.43. The molecule has 2 aromatic rings. The molecule has 0 spiro atoms. The van der Waals surface area contributed by atoms with Gasteiger partial charge in [0.2, 0.25) is 15.9 Å². The molecule has 0 saturated heterocycles. The van der Waals surface area contributed by atoms with Crippen molar-refractivity contribution in [3.63, 3.8) is 0 Å². The molecule has 0 saturated carbocycles. The number of anilines is 1. The number of nitrogens with two attached hydrogens (primary N) is 1. The molecule has 2 aromatic heterocycles. The van der Waals surface area contributed by atoms with E-state index in [1.807, 2.05) is 0 Å². The van der Waals surface area contributed by atoms with Crippen molar-refractivity contribution < 1.29 is 45.5 Å². The van der Waals surface area contributed by atoms with E-state index < -0.39 is 67.5 Å². The third-order valence-corrected chi connectivity index (χ3v) is 7.50. The van der Waals surface area contributed by atoms with Gasteiger partial charge in [0.25, 0.3) is 5.91 Å². The molecule has 4 heterocycles. The Kier molecular flexibility index (Phi) is 7.79. The van der Waals surface area contributed by atoms with Gasteiger partial charge < -0.3 is 20.2 Å². The van der Waals surface area contributed by atoms with Crippen LogP contribution in [0.5, 0.6) is 0 Å². The standard InChI is InChI=1S/C25H25F4N6O6S/c1-24(2,3)22(37)33-18-4-13(25(27,28)29)7-31-17(18)6-19-15-11-34(23(38)39)9-12(15)10-35(19)21(36)20-16(26)5-14(8-32-20)42(30,40)41/h4-8,19H,9-11H2,1-3H3,(H,33,37)(H,38,39)(H2,30,40,41). The van der Waals surface area contributed by atoms with Crippen LogP contribution in [0.3, 0.4) is 0 Å². The molecule has 1 unspecified atom stereocenters. The molecule has 0 aliphatic carbocycles. The minimum atomic E-state index is -4.79. The number of pyridine rings is 2. The Balaban J connectivity index is 1.75. The fraction of sp³-hybridized carbons (Fsp3) is 0.360. The maximum atomic E-state index is 14.9. The van der Waals surface area contributed by atoms with Gasteiger partial charge in [0.05, 0.1) is 23.0 Å². The van der Waals surface area contributed by atoms with Crippen molar-refractivity contribution in [2.45, 2.75) is 37.9 Å². The monoisotopic (exact) mass is 613 g/mol. The summed E-state index contributed by atoms with van der Waals surface area (Å²) < 4.78 is 78.5. The number of amides is 3. The van der Waals surface area contributed by atoms with Crippen LogP contribution in [0.4, 0.5) is 28.0 Å². The molecule has 42 heavy (non-hydrogen) atoms. The summed E-state index contributed by atoms with van der Waals surface area (Å²) in [5.74, 6) is -2.94. The number of nitrogens with zero attached hydrogens (tertiary/aromatic N) is 4. The maximum absolute atomic E-state index is 14.9. The Morgan fingerprint density at radius 3 is 2.31 bits per heavy atom. The first-order valence-electron chi connectivity index (χ1n) is 12.2. The van der Waals surface area contributed by atoms with Gasteiger partial charge in [0.15, 0.2) is 11.5 Å². The van der Waals surface area contributed by atoms with Crippen LogP contribution in [-0.2, 0) is 21.0 Å². The van der Waals surface area contributed by atoms with Gasteiger partial charge in [0, 0.05) is 43.9 Å². The summed E-state index contributed by atoms with van der Waals surface area (Å²) in [6, 6.07) is 0.0740. The van der Waals surface area contributed by atoms with Gasteiger partial charge >= 0.3 is 12.3 Å². The second kappa shape index (κ2) is 10.6. The largest absolute Gasteiger partial charge is 0.465 e. The van der Waals surface area contributed by atoms with Crippen molar-refractivity contribution in [3.05, 3.63) is 64.9 Å². The summed E-state index contributed by atoms with van der Waals surface area (Å²) in [5.41, 5.74) is -2.51. The van der Waals surface area contributed by atoms with Crippen molar-refractivity contribution in [2.75, 3.05) is 25.0 Å². The van der Waals surface area contributed by atoms with Crippen LogP contribution in [0.25, 0.3) is 0 Å². The minimum absolute atomic E-state index is 0.0902. The molecule has 17 heteroatoms. The van der Waals surface area contributed by atoms with E-state index in [4.69, 9.17) is 5.14 Å². The third kappa shape index (κ3) is 6.20. The summed E-state index contributed by atoms with van der Waals surface area (Å²) in [6.07, 6.45) is -3.54. The normalized spacial score (nSPS) is 17.5. The first-order valence-corrected chi connectivity index (χ1v) is 13.7. The second-order valence-corrected chi connectivity index (χ2v) is 12.3. The number of hydrogen-bond donors (Lipinski definition) is 3. The van der Waals surface area contributed by atoms with Crippen molar-refractivity contribution in [1.82, 2.24) is 19.8 Å². The highest BCUT2D eigenvalue weighted by Gasteiger charge is 2.43. The van der Waals surface area contributed by atoms with Crippen LogP contribution in [0, 0.1) is 17.7 Å². The van der Waals surface area contributed by atoms with E-state index in [-0.39, 0.29) is 31.0 Å². The Labute approximate surface area is 237 Å². The van der Waals surface area contributed by atoms with Crippen LogP contribution in [0.2, 0.25) is 0 Å². The van der Waals surface area contributed by atoms with E-state index in [2.05, 4.69) is 15.3 Å². The molecular formula is C25H25F4N6O6S. The molecule has 1 radical (unpaired) electrons. The van der Waals surface area contributed by atoms with E-state index in [1.165, 1.54) is 6.42 Å². The number of carboxylic acid groups (broad SMARTS) is 1. The van der Waals surface area contributed by atoms with Gasteiger partial charge in [-0.2, -0.15) is 13.2 Å². The van der Waals surface area contributed by atoms with Gasteiger partial charge in [0.1, 0.15) is 4.90 Å². The van der Waals surface area contributed by atoms with Crippen molar-refractivity contribution in [3.8, 4) is 0 Å². The molecule has 1 atom stereocenters. The number of carbonyl (C=O) groups is 3. The number of carbonyl (C=O) groups excluding carboxylic acids is 2. The summed E-state index contributed by atoms with van der Waals surface area (Å²) in [4.78, 5) is 46.8. The number of halogens is 4. The number of sulfonamides is 1. The molecule has 0 aromatic carbocycles. The van der Waals surface area contributed by atoms with Gasteiger partial charge in [-0.3, -0.25) is 14.6 Å². The fourth-order valence-corrected chi connectivity index (χ4v) is 4.83. The SMILES string of the molecule is CC(C)(C)C(=O)Nc1cc(C(F)(F)F)cnc1[CH]C1C2=C(CN(C(=O)O)C2)CN1C(=O)c1ncc(S(N)(=O)=O)cc1F. The lowest BCUT2D eigenvalue weighted by molar-refractivity contribution is -0.137. The van der Waals surface area contributed by atoms with Crippen molar-refractivity contribution >= 4 is 33.6 Å². The first-order chi connectivity index (χ1) is 19.3. The maximum Gasteiger partial charge on any atom is 0.417 e. The fourth-order valence-electron chi connectivity index (χ4n) is 4.37. The Morgan fingerprint density at radius 2 is 1.76 bits per heavy atom. The van der Waals surface area contributed by atoms with Gasteiger partial charge in [-0.15, -0.1) is 0 Å². The van der Waals surface area contributed by atoms with Crippen LogP contribution >= 0.6 is 0 Å². The molecule has 225 valence electrons. The zero-order chi connectivity index (χ0) is 31.4. The molecule has 4 rings (SSSR count). The van der Waals surface area contributed by atoms with Crippen LogP contribution < -0.4 is 10.5 Å². The Hall–Kier alpha value is -4.12. The van der Waals surface area contributed by atoms with E-state index >= 15 is 0 Å². The summed E-state index contributed by atoms with van der Waals surface area (Å²) >= 11 is 0. The van der Waals surface area contributed by atoms with Crippen LogP contribution in [-0.4, -0.2) is 76.9 Å². The number of alkyl halides is 3. The first kappa shape index (κ1) is 30.8. The lowest BCUT2D eigenvalue weighted by Gasteiger charge is -2.29. The third-order valence-electron chi connectivity index (χ3n) is 6.62. The summed E-state index contributed by atoms with van der Waals surface area (Å²) in [5, 5.41) is 16.9. The van der Waals surface area contributed by atoms with Gasteiger partial charge in [-0.05, 0) is 23.3 Å². The average molecular weight is 614 g/mol. The predicted molar refractivity (Wildman–Crippen MR) is 138 cm³/mol. The van der Waals surface area contributed by atoms with E-state index in [1.54, 1.807) is 20.8 Å². The Bertz CT molecular complexity index is 1620. The highest BCUT2D eigenvalue weighted by atomic mass is 32.2. The molecule has 12 nitrogen and oxygen atoms in total. The molecule has 4 N–H and O–H groups in total. The molecule has 0 fully saturated rings. The molecular weight excluding hydrogens is 588 g/mol. The van der Waals surface area contributed by atoms with Gasteiger partial charge in [-0.1, -0.05) is 20.8 Å². The van der Waals surface area contributed by atoms with E-state index in [9.17, 15) is 45.5 Å². The topological polar surface area (TPSA) is 176 Å². The average Bonchev–Trinajstić information content (AvgIpc) is 3.42. The van der Waals surface area contributed by atoms with E-state index in [0.29, 0.717) is 35.7 Å². The minimum Gasteiger partial charge on any atom is -0.465 e. The zero-order valence-electron chi connectivity index (χ0n) is 22.4. The van der Waals surface area contributed by atoms with Crippen LogP contribution in [0.15, 0.2) is 40.6 Å². The Morgan fingerprint density at radius 1 is 1.10 bits per heavy atom. The van der Waals surface area contributed by atoms with Crippen LogP contribution in [0.1, 0.15) is 42.5 Å². The quantitative estimate of drug-likeness (QED) is 0.341. The van der Waals surface area contributed by atoms with Gasteiger partial charge in [-0.25, -0.2) is 27.7 Å². The molecule has 2 aliphatic rings. The van der Waals surface area contributed by atoms with Crippen molar-refractivity contribution in [1.29, 1.82) is 0 Å². The lowest BCUT2D eigenvalue weighted by atomic mass is 9.95. The second-order valence-electron chi connectivity index (χ2n) is 10.7. The summed E-state index contributed by atoms with van der Waals surface area (Å²) in [6.45, 7) is 4.18.